The minimum absolute atomic E-state index is 0.109. The van der Waals surface area contributed by atoms with Gasteiger partial charge in [0.2, 0.25) is 0 Å². The fourth-order valence-corrected chi connectivity index (χ4v) is 10.7. The van der Waals surface area contributed by atoms with Gasteiger partial charge in [-0.2, -0.15) is 0 Å². The van der Waals surface area contributed by atoms with Crippen molar-refractivity contribution in [1.29, 1.82) is 0 Å². The van der Waals surface area contributed by atoms with Gasteiger partial charge in [-0.25, -0.2) is 0 Å². The summed E-state index contributed by atoms with van der Waals surface area (Å²) in [6.45, 7) is 14.3. The number of nitrogens with zero attached hydrogens (tertiary/aromatic N) is 2. The lowest BCUT2D eigenvalue weighted by Gasteiger charge is -2.31. The lowest BCUT2D eigenvalue weighted by Crippen LogP contribution is -2.19. The van der Waals surface area contributed by atoms with E-state index < -0.39 is 0 Å². The molecule has 286 valence electrons. The Morgan fingerprint density at radius 2 is 0.492 bits per heavy atom. The molecule has 2 nitrogen and oxygen atoms in total. The van der Waals surface area contributed by atoms with Gasteiger partial charge in [-0.05, 0) is 140 Å². The lowest BCUT2D eigenvalue weighted by atomic mass is 9.81. The van der Waals surface area contributed by atoms with Crippen LogP contribution in [0.4, 0.5) is 34.1 Å². The molecular weight excluding hydrogens is 713 g/mol. The molecule has 0 aromatic heterocycles. The van der Waals surface area contributed by atoms with Crippen molar-refractivity contribution in [2.45, 2.75) is 57.8 Å². The molecule has 11 rings (SSSR count). The van der Waals surface area contributed by atoms with Crippen LogP contribution in [0.25, 0.3) is 33.4 Å². The number of para-hydroxylation sites is 2. The Kier molecular flexibility index (Phi) is 7.63. The Morgan fingerprint density at radius 1 is 0.237 bits per heavy atom. The molecule has 0 aliphatic heterocycles. The van der Waals surface area contributed by atoms with Crippen molar-refractivity contribution in [3.05, 3.63) is 215 Å². The van der Waals surface area contributed by atoms with Crippen LogP contribution in [-0.2, 0) is 16.2 Å². The fourth-order valence-electron chi connectivity index (χ4n) is 10.7. The molecule has 59 heavy (non-hydrogen) atoms. The number of benzene rings is 8. The Hall–Kier alpha value is -6.64. The summed E-state index contributed by atoms with van der Waals surface area (Å²) in [6.07, 6.45) is 0. The van der Waals surface area contributed by atoms with Crippen LogP contribution in [0.5, 0.6) is 0 Å². The van der Waals surface area contributed by atoms with Crippen LogP contribution < -0.4 is 9.80 Å². The minimum atomic E-state index is -0.232. The van der Waals surface area contributed by atoms with Gasteiger partial charge in [-0.1, -0.05) is 151 Å². The van der Waals surface area contributed by atoms with Crippen molar-refractivity contribution in [1.82, 2.24) is 0 Å². The summed E-state index contributed by atoms with van der Waals surface area (Å²) in [7, 11) is 0. The molecule has 0 spiro atoms. The molecule has 0 atom stereocenters. The molecule has 0 unspecified atom stereocenters. The molecule has 0 saturated carbocycles. The van der Waals surface area contributed by atoms with E-state index in [9.17, 15) is 0 Å². The molecule has 0 radical (unpaired) electrons. The number of hydrogen-bond acceptors (Lipinski definition) is 2. The van der Waals surface area contributed by atoms with Gasteiger partial charge in [-0.15, -0.1) is 0 Å². The summed E-state index contributed by atoms with van der Waals surface area (Å²) in [5.74, 6) is 0. The Labute approximate surface area is 349 Å². The van der Waals surface area contributed by atoms with Crippen molar-refractivity contribution >= 4 is 34.1 Å². The smallest absolute Gasteiger partial charge is 0.0465 e. The standard InChI is InChI=1S/C57H48N2/c1-55(2)49-23-15-13-21-43(49)45-29-26-40(34-51(45)55)59(41-27-30-46-44-22-14-16-24-50(44)56(3,4)52(46)35-41)42-28-32-48-47-31-25-39(33-53(47)57(5,6)54(48)36-42)58(37-17-9-7-10-18-37)38-19-11-8-12-20-38/h7-36H,1-6H3. The summed E-state index contributed by atoms with van der Waals surface area (Å²) in [5.41, 5.74) is 22.7. The lowest BCUT2D eigenvalue weighted by molar-refractivity contribution is 0.659. The second-order valence-corrected chi connectivity index (χ2v) is 18.2. The van der Waals surface area contributed by atoms with Crippen molar-refractivity contribution < 1.29 is 0 Å². The van der Waals surface area contributed by atoms with Gasteiger partial charge in [0.1, 0.15) is 0 Å². The van der Waals surface area contributed by atoms with Gasteiger partial charge in [0.15, 0.2) is 0 Å². The van der Waals surface area contributed by atoms with Crippen molar-refractivity contribution in [2.75, 3.05) is 9.80 Å². The quantitative estimate of drug-likeness (QED) is 0.167. The van der Waals surface area contributed by atoms with Gasteiger partial charge in [0.25, 0.3) is 0 Å². The highest BCUT2D eigenvalue weighted by Crippen LogP contribution is 2.55. The van der Waals surface area contributed by atoms with E-state index in [4.69, 9.17) is 0 Å². The number of hydrogen-bond donors (Lipinski definition) is 0. The highest BCUT2D eigenvalue weighted by Gasteiger charge is 2.40. The first-order chi connectivity index (χ1) is 28.5. The first kappa shape index (κ1) is 35.5. The van der Waals surface area contributed by atoms with Crippen LogP contribution in [0.1, 0.15) is 74.9 Å². The van der Waals surface area contributed by atoms with Crippen LogP contribution in [-0.4, -0.2) is 0 Å². The summed E-state index contributed by atoms with van der Waals surface area (Å²) < 4.78 is 0. The van der Waals surface area contributed by atoms with Gasteiger partial charge < -0.3 is 9.80 Å². The number of fused-ring (bicyclic) bond motifs is 9. The zero-order valence-electron chi connectivity index (χ0n) is 34.7. The molecule has 0 amide bonds. The second kappa shape index (κ2) is 12.7. The van der Waals surface area contributed by atoms with E-state index >= 15 is 0 Å². The van der Waals surface area contributed by atoms with E-state index in [-0.39, 0.29) is 16.2 Å². The molecule has 0 bridgehead atoms. The maximum atomic E-state index is 2.51. The SMILES string of the molecule is CC1(C)c2ccccc2-c2ccc(N(c3ccc4c(c3)C(C)(C)c3ccccc3-4)c3ccc4c(c3)C(C)(C)c3cc(N(c5ccccc5)c5ccccc5)ccc3-4)cc21. The van der Waals surface area contributed by atoms with Crippen molar-refractivity contribution in [2.24, 2.45) is 0 Å². The first-order valence-corrected chi connectivity index (χ1v) is 21.0. The van der Waals surface area contributed by atoms with Gasteiger partial charge in [0.05, 0.1) is 0 Å². The molecule has 0 saturated heterocycles. The molecular formula is C57H48N2. The summed E-state index contributed by atoms with van der Waals surface area (Å²) in [5, 5.41) is 0. The molecule has 0 fully saturated rings. The van der Waals surface area contributed by atoms with Crippen molar-refractivity contribution in [3.8, 4) is 33.4 Å². The molecule has 0 heterocycles. The number of anilines is 6. The predicted molar refractivity (Wildman–Crippen MR) is 248 cm³/mol. The molecule has 8 aromatic rings. The van der Waals surface area contributed by atoms with Crippen LogP contribution >= 0.6 is 0 Å². The van der Waals surface area contributed by atoms with Crippen LogP contribution in [0, 0.1) is 0 Å². The monoisotopic (exact) mass is 760 g/mol. The fraction of sp³-hybridized carbons (Fsp3) is 0.158. The third-order valence-electron chi connectivity index (χ3n) is 13.8. The molecule has 2 heteroatoms. The van der Waals surface area contributed by atoms with E-state index in [1.165, 1.54) is 83.8 Å². The molecule has 3 aliphatic rings. The third-order valence-corrected chi connectivity index (χ3v) is 13.8. The van der Waals surface area contributed by atoms with Crippen LogP contribution in [0.2, 0.25) is 0 Å². The van der Waals surface area contributed by atoms with Gasteiger partial charge in [0, 0.05) is 50.4 Å². The maximum Gasteiger partial charge on any atom is 0.0465 e. The number of rotatable bonds is 6. The maximum absolute atomic E-state index is 2.51. The zero-order valence-corrected chi connectivity index (χ0v) is 34.7. The topological polar surface area (TPSA) is 6.48 Å². The Bertz CT molecular complexity index is 2820. The third kappa shape index (κ3) is 5.18. The highest BCUT2D eigenvalue weighted by atomic mass is 15.1. The molecule has 8 aromatic carbocycles. The van der Waals surface area contributed by atoms with E-state index in [0.717, 1.165) is 17.1 Å². The van der Waals surface area contributed by atoms with Crippen LogP contribution in [0.3, 0.4) is 0 Å². The van der Waals surface area contributed by atoms with E-state index in [1.54, 1.807) is 0 Å². The highest BCUT2D eigenvalue weighted by molar-refractivity contribution is 5.91. The second-order valence-electron chi connectivity index (χ2n) is 18.2. The average Bonchev–Trinajstić information content (AvgIpc) is 3.74. The van der Waals surface area contributed by atoms with Crippen LogP contribution in [0.15, 0.2) is 182 Å². The minimum Gasteiger partial charge on any atom is -0.310 e. The summed E-state index contributed by atoms with van der Waals surface area (Å²) in [4.78, 5) is 4.88. The van der Waals surface area contributed by atoms with E-state index in [2.05, 4.69) is 233 Å². The largest absolute Gasteiger partial charge is 0.310 e. The van der Waals surface area contributed by atoms with E-state index in [0.29, 0.717) is 0 Å². The molecule has 0 N–H and O–H groups in total. The first-order valence-electron chi connectivity index (χ1n) is 21.0. The van der Waals surface area contributed by atoms with Gasteiger partial charge >= 0.3 is 0 Å². The van der Waals surface area contributed by atoms with Gasteiger partial charge in [-0.3, -0.25) is 0 Å². The average molecular weight is 761 g/mol. The normalized spacial score (nSPS) is 15.4. The predicted octanol–water partition coefficient (Wildman–Crippen LogP) is 15.5. The summed E-state index contributed by atoms with van der Waals surface area (Å²) in [6, 6.07) is 67.9. The summed E-state index contributed by atoms with van der Waals surface area (Å²) >= 11 is 0. The van der Waals surface area contributed by atoms with Crippen molar-refractivity contribution in [3.63, 3.8) is 0 Å². The van der Waals surface area contributed by atoms with E-state index in [1.807, 2.05) is 0 Å². The molecule has 3 aliphatic carbocycles. The Balaban J connectivity index is 1.06. The zero-order chi connectivity index (χ0) is 40.3. The Morgan fingerprint density at radius 3 is 0.831 bits per heavy atom.